The molecule has 2 heterocycles. The standard InChI is InChI=1S/C24H16ClF3N4O3/c25-18-4-2-1-3-15(18)23(34)30-29-22(33)13-5-7-14(8-6-13)32-20-16-11-12-35-19(16)10-9-17(20)21(31-32)24(26,27)28/h1-8,11-12H,9-10H2,(H,29,33)(H,30,34). The van der Waals surface area contributed by atoms with Crippen molar-refractivity contribution in [1.29, 1.82) is 0 Å². The number of nitrogens with one attached hydrogen (secondary N) is 2. The molecular formula is C24H16ClF3N4O3. The second-order valence-corrected chi connectivity index (χ2v) is 8.18. The summed E-state index contributed by atoms with van der Waals surface area (Å²) >= 11 is 5.97. The minimum atomic E-state index is -4.61. The van der Waals surface area contributed by atoms with E-state index >= 15 is 0 Å². The fourth-order valence-electron chi connectivity index (χ4n) is 4.01. The van der Waals surface area contributed by atoms with E-state index in [0.29, 0.717) is 29.1 Å². The third-order valence-corrected chi connectivity index (χ3v) is 5.97. The number of halogens is 4. The highest BCUT2D eigenvalue weighted by molar-refractivity contribution is 6.33. The minimum absolute atomic E-state index is 0.107. The predicted molar refractivity (Wildman–Crippen MR) is 120 cm³/mol. The number of hydrogen-bond donors (Lipinski definition) is 2. The van der Waals surface area contributed by atoms with Gasteiger partial charge in [-0.25, -0.2) is 4.68 Å². The van der Waals surface area contributed by atoms with Gasteiger partial charge in [0, 0.05) is 23.1 Å². The zero-order valence-electron chi connectivity index (χ0n) is 17.8. The molecule has 178 valence electrons. The average molecular weight is 501 g/mol. The van der Waals surface area contributed by atoms with Gasteiger partial charge in [-0.15, -0.1) is 0 Å². The highest BCUT2D eigenvalue weighted by Gasteiger charge is 2.41. The Morgan fingerprint density at radius 3 is 2.40 bits per heavy atom. The number of hydrogen-bond acceptors (Lipinski definition) is 4. The van der Waals surface area contributed by atoms with Gasteiger partial charge >= 0.3 is 6.18 Å². The van der Waals surface area contributed by atoms with Crippen LogP contribution < -0.4 is 10.9 Å². The molecule has 0 radical (unpaired) electrons. The Bertz CT molecular complexity index is 1440. The van der Waals surface area contributed by atoms with E-state index in [-0.39, 0.29) is 28.1 Å². The Labute approximate surface area is 201 Å². The normalized spacial score (nSPS) is 12.6. The van der Waals surface area contributed by atoms with Gasteiger partial charge in [0.05, 0.1) is 28.2 Å². The lowest BCUT2D eigenvalue weighted by atomic mass is 9.94. The molecule has 2 N–H and O–H groups in total. The molecule has 1 aliphatic carbocycles. The van der Waals surface area contributed by atoms with Gasteiger partial charge in [0.2, 0.25) is 0 Å². The monoisotopic (exact) mass is 500 g/mol. The first kappa shape index (κ1) is 22.7. The molecule has 7 nitrogen and oxygen atoms in total. The van der Waals surface area contributed by atoms with Crippen LogP contribution in [-0.4, -0.2) is 21.6 Å². The summed E-state index contributed by atoms with van der Waals surface area (Å²) < 4.78 is 47.7. The van der Waals surface area contributed by atoms with Gasteiger partial charge in [0.1, 0.15) is 5.76 Å². The third kappa shape index (κ3) is 4.17. The number of rotatable bonds is 3. The molecule has 2 amide bonds. The van der Waals surface area contributed by atoms with Crippen molar-refractivity contribution in [1.82, 2.24) is 20.6 Å². The molecule has 35 heavy (non-hydrogen) atoms. The van der Waals surface area contributed by atoms with Gasteiger partial charge in [-0.2, -0.15) is 18.3 Å². The van der Waals surface area contributed by atoms with E-state index in [1.54, 1.807) is 24.3 Å². The van der Waals surface area contributed by atoms with Gasteiger partial charge in [-0.05, 0) is 48.9 Å². The second kappa shape index (κ2) is 8.62. The number of nitrogens with zero attached hydrogens (tertiary/aromatic N) is 2. The molecule has 0 fully saturated rings. The van der Waals surface area contributed by atoms with E-state index in [1.807, 2.05) is 0 Å². The van der Waals surface area contributed by atoms with Crippen molar-refractivity contribution in [2.75, 3.05) is 0 Å². The molecule has 11 heteroatoms. The Kier molecular flexibility index (Phi) is 5.60. The summed E-state index contributed by atoms with van der Waals surface area (Å²) in [6.45, 7) is 0. The van der Waals surface area contributed by atoms with Crippen molar-refractivity contribution in [2.45, 2.75) is 19.0 Å². The van der Waals surface area contributed by atoms with E-state index < -0.39 is 23.7 Å². The van der Waals surface area contributed by atoms with Crippen molar-refractivity contribution < 1.29 is 27.2 Å². The first-order chi connectivity index (χ1) is 16.7. The largest absolute Gasteiger partial charge is 0.469 e. The molecule has 1 aliphatic rings. The minimum Gasteiger partial charge on any atom is -0.469 e. The van der Waals surface area contributed by atoms with Crippen molar-refractivity contribution in [3.8, 4) is 16.9 Å². The number of carbonyl (C=O) groups is 2. The number of carbonyl (C=O) groups excluding carboxylic acids is 2. The van der Waals surface area contributed by atoms with Gasteiger partial charge in [0.25, 0.3) is 11.8 Å². The zero-order chi connectivity index (χ0) is 24.7. The maximum atomic E-state index is 13.7. The number of hydrazine groups is 1. The summed E-state index contributed by atoms with van der Waals surface area (Å²) in [5.41, 5.74) is 5.30. The summed E-state index contributed by atoms with van der Waals surface area (Å²) in [6, 6.07) is 13.8. The molecule has 0 bridgehead atoms. The van der Waals surface area contributed by atoms with E-state index in [1.165, 1.54) is 41.3 Å². The predicted octanol–water partition coefficient (Wildman–Crippen LogP) is 4.98. The van der Waals surface area contributed by atoms with Crippen LogP contribution in [0.1, 0.15) is 37.7 Å². The molecular weight excluding hydrogens is 485 g/mol. The van der Waals surface area contributed by atoms with Crippen LogP contribution in [0, 0.1) is 0 Å². The van der Waals surface area contributed by atoms with Crippen LogP contribution in [0.4, 0.5) is 13.2 Å². The molecule has 0 saturated heterocycles. The van der Waals surface area contributed by atoms with E-state index in [9.17, 15) is 22.8 Å². The topological polar surface area (TPSA) is 89.2 Å². The second-order valence-electron chi connectivity index (χ2n) is 7.78. The summed E-state index contributed by atoms with van der Waals surface area (Å²) in [5.74, 6) is -0.621. The fourth-order valence-corrected chi connectivity index (χ4v) is 4.24. The number of furan rings is 1. The van der Waals surface area contributed by atoms with Crippen LogP contribution in [0.3, 0.4) is 0 Å². The van der Waals surface area contributed by atoms with E-state index in [0.717, 1.165) is 0 Å². The van der Waals surface area contributed by atoms with Crippen molar-refractivity contribution >= 4 is 23.4 Å². The molecule has 4 aromatic rings. The van der Waals surface area contributed by atoms with Gasteiger partial charge in [0.15, 0.2) is 5.69 Å². The first-order valence-corrected chi connectivity index (χ1v) is 10.8. The van der Waals surface area contributed by atoms with E-state index in [4.69, 9.17) is 16.0 Å². The lowest BCUT2D eigenvalue weighted by Crippen LogP contribution is -2.41. The SMILES string of the molecule is O=C(NNC(=O)c1ccccc1Cl)c1ccc(-n2nc(C(F)(F)F)c3c2-c2ccoc2CC3)cc1. The van der Waals surface area contributed by atoms with Crippen LogP contribution in [-0.2, 0) is 19.0 Å². The fraction of sp³-hybridized carbons (Fsp3) is 0.125. The summed E-state index contributed by atoms with van der Waals surface area (Å²) in [6.07, 6.45) is -2.68. The highest BCUT2D eigenvalue weighted by atomic mass is 35.5. The summed E-state index contributed by atoms with van der Waals surface area (Å²) in [4.78, 5) is 24.7. The van der Waals surface area contributed by atoms with Crippen LogP contribution in [0.2, 0.25) is 5.02 Å². The zero-order valence-corrected chi connectivity index (χ0v) is 18.6. The van der Waals surface area contributed by atoms with Crippen LogP contribution in [0.5, 0.6) is 0 Å². The molecule has 0 saturated carbocycles. The van der Waals surface area contributed by atoms with Crippen molar-refractivity contribution in [3.05, 3.63) is 94.0 Å². The maximum Gasteiger partial charge on any atom is 0.435 e. The molecule has 0 unspecified atom stereocenters. The van der Waals surface area contributed by atoms with Gasteiger partial charge in [-0.3, -0.25) is 20.4 Å². The lowest BCUT2D eigenvalue weighted by Gasteiger charge is -2.15. The number of fused-ring (bicyclic) bond motifs is 3. The Morgan fingerprint density at radius 1 is 0.971 bits per heavy atom. The third-order valence-electron chi connectivity index (χ3n) is 5.64. The maximum absolute atomic E-state index is 13.7. The first-order valence-electron chi connectivity index (χ1n) is 10.5. The Hall–Kier alpha value is -4.05. The smallest absolute Gasteiger partial charge is 0.435 e. The Balaban J connectivity index is 1.40. The van der Waals surface area contributed by atoms with Crippen molar-refractivity contribution in [2.24, 2.45) is 0 Å². The number of benzene rings is 2. The van der Waals surface area contributed by atoms with Gasteiger partial charge < -0.3 is 4.42 Å². The molecule has 5 rings (SSSR count). The molecule has 0 aliphatic heterocycles. The number of aryl methyl sites for hydroxylation is 1. The lowest BCUT2D eigenvalue weighted by molar-refractivity contribution is -0.142. The van der Waals surface area contributed by atoms with E-state index in [2.05, 4.69) is 16.0 Å². The summed E-state index contributed by atoms with van der Waals surface area (Å²) in [5, 5.41) is 4.09. The molecule has 2 aromatic heterocycles. The molecule has 0 spiro atoms. The number of amides is 2. The average Bonchev–Trinajstić information content (AvgIpc) is 3.47. The highest BCUT2D eigenvalue weighted by Crippen LogP contribution is 2.42. The number of alkyl halides is 3. The summed E-state index contributed by atoms with van der Waals surface area (Å²) in [7, 11) is 0. The molecule has 2 aromatic carbocycles. The quantitative estimate of drug-likeness (QED) is 0.388. The Morgan fingerprint density at radius 2 is 1.69 bits per heavy atom. The number of aromatic nitrogens is 2. The molecule has 0 atom stereocenters. The van der Waals surface area contributed by atoms with Crippen LogP contribution >= 0.6 is 11.6 Å². The van der Waals surface area contributed by atoms with Crippen molar-refractivity contribution in [3.63, 3.8) is 0 Å². The van der Waals surface area contributed by atoms with Crippen LogP contribution in [0.25, 0.3) is 16.9 Å². The van der Waals surface area contributed by atoms with Gasteiger partial charge in [-0.1, -0.05) is 23.7 Å². The van der Waals surface area contributed by atoms with Crippen LogP contribution in [0.15, 0.2) is 65.3 Å².